The molecule has 0 unspecified atom stereocenters. The molecule has 0 saturated carbocycles. The number of fused-ring (bicyclic) bond motifs is 1. The fraction of sp³-hybridized carbons (Fsp3) is 0.182. The molecule has 0 bridgehead atoms. The monoisotopic (exact) mass is 388 g/mol. The van der Waals surface area contributed by atoms with Crippen molar-refractivity contribution >= 4 is 22.6 Å². The molecule has 1 amide bonds. The molecule has 4 rings (SSSR count). The van der Waals surface area contributed by atoms with Crippen molar-refractivity contribution in [2.24, 2.45) is 0 Å². The maximum atomic E-state index is 12.5. The van der Waals surface area contributed by atoms with E-state index in [1.54, 1.807) is 11.0 Å². The van der Waals surface area contributed by atoms with Crippen LogP contribution in [0.5, 0.6) is 0 Å². The first-order valence-electron chi connectivity index (χ1n) is 9.24. The van der Waals surface area contributed by atoms with E-state index >= 15 is 0 Å². The van der Waals surface area contributed by atoms with Crippen LogP contribution in [-0.4, -0.2) is 20.7 Å². The van der Waals surface area contributed by atoms with Crippen molar-refractivity contribution in [3.63, 3.8) is 0 Å². The number of anilines is 1. The van der Waals surface area contributed by atoms with Gasteiger partial charge >= 0.3 is 5.63 Å². The molecule has 0 atom stereocenters. The van der Waals surface area contributed by atoms with Crippen LogP contribution in [0.1, 0.15) is 22.3 Å². The fourth-order valence-corrected chi connectivity index (χ4v) is 3.27. The van der Waals surface area contributed by atoms with Crippen molar-refractivity contribution in [3.8, 4) is 0 Å². The Balaban J connectivity index is 1.48. The SMILES string of the molecule is Cc1ccc2c(C)c(CC(=O)Nc3ccc(Cn4cncn4)cc3)c(=O)oc2c1. The molecule has 2 heterocycles. The first kappa shape index (κ1) is 18.6. The van der Waals surface area contributed by atoms with Gasteiger partial charge in [0.25, 0.3) is 0 Å². The third-order valence-corrected chi connectivity index (χ3v) is 4.83. The van der Waals surface area contributed by atoms with Crippen molar-refractivity contribution in [1.29, 1.82) is 0 Å². The highest BCUT2D eigenvalue weighted by molar-refractivity contribution is 5.93. The van der Waals surface area contributed by atoms with Gasteiger partial charge in [0.2, 0.25) is 5.91 Å². The van der Waals surface area contributed by atoms with Gasteiger partial charge in [0, 0.05) is 11.1 Å². The van der Waals surface area contributed by atoms with E-state index in [-0.39, 0.29) is 12.3 Å². The minimum absolute atomic E-state index is 0.0430. The summed E-state index contributed by atoms with van der Waals surface area (Å²) in [5.74, 6) is -0.268. The molecule has 7 heteroatoms. The van der Waals surface area contributed by atoms with Crippen molar-refractivity contribution < 1.29 is 9.21 Å². The Kier molecular flexibility index (Phi) is 4.95. The predicted octanol–water partition coefficient (Wildman–Crippen LogP) is 3.23. The molecule has 146 valence electrons. The van der Waals surface area contributed by atoms with E-state index in [0.29, 0.717) is 23.4 Å². The number of hydrogen-bond acceptors (Lipinski definition) is 5. The number of amides is 1. The van der Waals surface area contributed by atoms with E-state index in [0.717, 1.165) is 22.1 Å². The Morgan fingerprint density at radius 1 is 1.14 bits per heavy atom. The molecule has 0 aliphatic heterocycles. The molecule has 0 spiro atoms. The normalized spacial score (nSPS) is 11.0. The first-order chi connectivity index (χ1) is 14.0. The predicted molar refractivity (Wildman–Crippen MR) is 110 cm³/mol. The molecule has 0 radical (unpaired) electrons. The van der Waals surface area contributed by atoms with Gasteiger partial charge in [0.15, 0.2) is 0 Å². The quantitative estimate of drug-likeness (QED) is 0.530. The maximum absolute atomic E-state index is 12.5. The second kappa shape index (κ2) is 7.71. The van der Waals surface area contributed by atoms with Gasteiger partial charge in [-0.25, -0.2) is 14.5 Å². The Morgan fingerprint density at radius 2 is 1.93 bits per heavy atom. The standard InChI is InChI=1S/C22H20N4O3/c1-14-3-8-18-15(2)19(22(28)29-20(18)9-14)10-21(27)25-17-6-4-16(5-7-17)11-26-13-23-12-24-26/h3-9,12-13H,10-11H2,1-2H3,(H,25,27). The summed E-state index contributed by atoms with van der Waals surface area (Å²) in [6.07, 6.45) is 3.09. The van der Waals surface area contributed by atoms with Crippen molar-refractivity contribution in [3.05, 3.63) is 87.8 Å². The summed E-state index contributed by atoms with van der Waals surface area (Å²) >= 11 is 0. The summed E-state index contributed by atoms with van der Waals surface area (Å²) in [7, 11) is 0. The Morgan fingerprint density at radius 3 is 2.66 bits per heavy atom. The smallest absolute Gasteiger partial charge is 0.340 e. The van der Waals surface area contributed by atoms with Gasteiger partial charge in [-0.2, -0.15) is 5.10 Å². The molecule has 7 nitrogen and oxygen atoms in total. The van der Waals surface area contributed by atoms with Crippen molar-refractivity contribution in [2.75, 3.05) is 5.32 Å². The molecule has 0 aliphatic rings. The lowest BCUT2D eigenvalue weighted by Gasteiger charge is -2.09. The highest BCUT2D eigenvalue weighted by Gasteiger charge is 2.15. The van der Waals surface area contributed by atoms with Crippen LogP contribution in [0.4, 0.5) is 5.69 Å². The molecule has 2 aromatic heterocycles. The summed E-state index contributed by atoms with van der Waals surface area (Å²) in [6, 6.07) is 13.2. The molecule has 0 fully saturated rings. The molecule has 1 N–H and O–H groups in total. The number of aryl methyl sites for hydroxylation is 2. The highest BCUT2D eigenvalue weighted by atomic mass is 16.4. The maximum Gasteiger partial charge on any atom is 0.340 e. The number of carbonyl (C=O) groups excluding carboxylic acids is 1. The molecular weight excluding hydrogens is 368 g/mol. The van der Waals surface area contributed by atoms with Crippen molar-refractivity contribution in [2.45, 2.75) is 26.8 Å². The summed E-state index contributed by atoms with van der Waals surface area (Å²) in [4.78, 5) is 28.8. The van der Waals surface area contributed by atoms with Crippen LogP contribution in [0.25, 0.3) is 11.0 Å². The Hall–Kier alpha value is -3.74. The minimum Gasteiger partial charge on any atom is -0.422 e. The molecule has 2 aromatic carbocycles. The number of aromatic nitrogens is 3. The van der Waals surface area contributed by atoms with Gasteiger partial charge in [-0.1, -0.05) is 24.3 Å². The average molecular weight is 388 g/mol. The number of carbonyl (C=O) groups is 1. The topological polar surface area (TPSA) is 90.0 Å². The van der Waals surface area contributed by atoms with Crippen LogP contribution in [0.15, 0.2) is 64.3 Å². The Labute approximate surface area is 167 Å². The van der Waals surface area contributed by atoms with E-state index in [1.165, 1.54) is 6.33 Å². The zero-order valence-electron chi connectivity index (χ0n) is 16.2. The second-order valence-electron chi connectivity index (χ2n) is 7.01. The number of nitrogens with one attached hydrogen (secondary N) is 1. The molecular formula is C22H20N4O3. The van der Waals surface area contributed by atoms with E-state index in [9.17, 15) is 9.59 Å². The number of nitrogens with zero attached hydrogens (tertiary/aromatic N) is 3. The van der Waals surface area contributed by atoms with Crippen LogP contribution in [-0.2, 0) is 17.8 Å². The third kappa shape index (κ3) is 4.08. The van der Waals surface area contributed by atoms with Gasteiger partial charge in [0.1, 0.15) is 18.2 Å². The summed E-state index contributed by atoms with van der Waals surface area (Å²) in [5, 5.41) is 7.75. The van der Waals surface area contributed by atoms with E-state index in [1.807, 2.05) is 56.3 Å². The molecule has 29 heavy (non-hydrogen) atoms. The summed E-state index contributed by atoms with van der Waals surface area (Å²) in [5.41, 5.74) is 3.93. The fourth-order valence-electron chi connectivity index (χ4n) is 3.27. The van der Waals surface area contributed by atoms with Crippen LogP contribution < -0.4 is 10.9 Å². The van der Waals surface area contributed by atoms with Gasteiger partial charge in [-0.15, -0.1) is 0 Å². The van der Waals surface area contributed by atoms with E-state index in [4.69, 9.17) is 4.42 Å². The van der Waals surface area contributed by atoms with Crippen LogP contribution >= 0.6 is 0 Å². The zero-order valence-corrected chi connectivity index (χ0v) is 16.2. The third-order valence-electron chi connectivity index (χ3n) is 4.83. The molecule has 0 aliphatic carbocycles. The van der Waals surface area contributed by atoms with Crippen LogP contribution in [0.2, 0.25) is 0 Å². The Bertz CT molecular complexity index is 1230. The lowest BCUT2D eigenvalue weighted by molar-refractivity contribution is -0.115. The van der Waals surface area contributed by atoms with Crippen LogP contribution in [0, 0.1) is 13.8 Å². The van der Waals surface area contributed by atoms with Gasteiger partial charge in [-0.3, -0.25) is 4.79 Å². The lowest BCUT2D eigenvalue weighted by atomic mass is 10.0. The van der Waals surface area contributed by atoms with Gasteiger partial charge in [-0.05, 0) is 48.7 Å². The average Bonchev–Trinajstić information content (AvgIpc) is 3.19. The first-order valence-corrected chi connectivity index (χ1v) is 9.24. The van der Waals surface area contributed by atoms with E-state index < -0.39 is 5.63 Å². The number of rotatable bonds is 5. The summed E-state index contributed by atoms with van der Waals surface area (Å²) < 4.78 is 7.14. The molecule has 0 saturated heterocycles. The van der Waals surface area contributed by atoms with Gasteiger partial charge in [0.05, 0.1) is 18.5 Å². The van der Waals surface area contributed by atoms with E-state index in [2.05, 4.69) is 15.4 Å². The van der Waals surface area contributed by atoms with Crippen molar-refractivity contribution in [1.82, 2.24) is 14.8 Å². The lowest BCUT2D eigenvalue weighted by Crippen LogP contribution is -2.20. The summed E-state index contributed by atoms with van der Waals surface area (Å²) in [6.45, 7) is 4.38. The van der Waals surface area contributed by atoms with Crippen LogP contribution in [0.3, 0.4) is 0 Å². The second-order valence-corrected chi connectivity index (χ2v) is 7.01. The number of hydrogen-bond donors (Lipinski definition) is 1. The zero-order chi connectivity index (χ0) is 20.4. The molecule has 4 aromatic rings. The minimum atomic E-state index is -0.473. The van der Waals surface area contributed by atoms with Gasteiger partial charge < -0.3 is 9.73 Å². The number of benzene rings is 2. The highest BCUT2D eigenvalue weighted by Crippen LogP contribution is 2.21. The largest absolute Gasteiger partial charge is 0.422 e.